The number of hydrogen-bond donors (Lipinski definition) is 1. The predicted molar refractivity (Wildman–Crippen MR) is 67.0 cm³/mol. The number of carbonyl (C=O) groups is 1. The SMILES string of the molecule is CCOCC1CCN(C(=O)CCNC)C1.Cl. The molecule has 0 spiro atoms. The van der Waals surface area contributed by atoms with Crippen molar-refractivity contribution in [1.82, 2.24) is 10.2 Å². The van der Waals surface area contributed by atoms with E-state index in [4.69, 9.17) is 4.74 Å². The van der Waals surface area contributed by atoms with Crippen LogP contribution < -0.4 is 5.32 Å². The Kier molecular flexibility index (Phi) is 8.61. The van der Waals surface area contributed by atoms with Gasteiger partial charge >= 0.3 is 0 Å². The van der Waals surface area contributed by atoms with Gasteiger partial charge in [-0.05, 0) is 20.4 Å². The highest BCUT2D eigenvalue weighted by atomic mass is 35.5. The van der Waals surface area contributed by atoms with Gasteiger partial charge in [0.1, 0.15) is 0 Å². The lowest BCUT2D eigenvalue weighted by atomic mass is 10.1. The molecule has 1 aliphatic rings. The zero-order valence-electron chi connectivity index (χ0n) is 10.2. The molecule has 0 aliphatic carbocycles. The normalized spacial score (nSPS) is 19.6. The lowest BCUT2D eigenvalue weighted by molar-refractivity contribution is -0.130. The predicted octanol–water partition coefficient (Wildman–Crippen LogP) is 0.903. The van der Waals surface area contributed by atoms with E-state index in [1.54, 1.807) is 0 Å². The van der Waals surface area contributed by atoms with E-state index in [9.17, 15) is 4.79 Å². The molecule has 0 saturated carbocycles. The summed E-state index contributed by atoms with van der Waals surface area (Å²) in [7, 11) is 1.87. The van der Waals surface area contributed by atoms with Gasteiger partial charge in [0, 0.05) is 38.6 Å². The Morgan fingerprint density at radius 3 is 2.94 bits per heavy atom. The summed E-state index contributed by atoms with van der Waals surface area (Å²) in [5.41, 5.74) is 0. The molecule has 1 saturated heterocycles. The summed E-state index contributed by atoms with van der Waals surface area (Å²) in [5, 5.41) is 3.00. The van der Waals surface area contributed by atoms with Crippen molar-refractivity contribution in [1.29, 1.82) is 0 Å². The molecule has 1 N–H and O–H groups in total. The number of rotatable bonds is 6. The van der Waals surface area contributed by atoms with Crippen LogP contribution in [0.15, 0.2) is 0 Å². The second kappa shape index (κ2) is 8.79. The summed E-state index contributed by atoms with van der Waals surface area (Å²) < 4.78 is 5.38. The number of carbonyl (C=O) groups excluding carboxylic acids is 1. The van der Waals surface area contributed by atoms with Crippen molar-refractivity contribution in [2.45, 2.75) is 19.8 Å². The highest BCUT2D eigenvalue weighted by Crippen LogP contribution is 2.17. The third kappa shape index (κ3) is 5.14. The van der Waals surface area contributed by atoms with Crippen LogP contribution >= 0.6 is 12.4 Å². The summed E-state index contributed by atoms with van der Waals surface area (Å²) in [5.74, 6) is 0.812. The van der Waals surface area contributed by atoms with E-state index in [1.807, 2.05) is 18.9 Å². The van der Waals surface area contributed by atoms with E-state index in [1.165, 1.54) is 0 Å². The Morgan fingerprint density at radius 2 is 2.31 bits per heavy atom. The van der Waals surface area contributed by atoms with Crippen LogP contribution in [0.2, 0.25) is 0 Å². The number of nitrogens with zero attached hydrogens (tertiary/aromatic N) is 1. The molecular weight excluding hydrogens is 228 g/mol. The van der Waals surface area contributed by atoms with Crippen molar-refractivity contribution < 1.29 is 9.53 Å². The van der Waals surface area contributed by atoms with Gasteiger partial charge in [-0.2, -0.15) is 0 Å². The van der Waals surface area contributed by atoms with Crippen LogP contribution in [0, 0.1) is 5.92 Å². The van der Waals surface area contributed by atoms with Crippen molar-refractivity contribution in [3.63, 3.8) is 0 Å². The second-order valence-corrected chi connectivity index (χ2v) is 4.01. The molecule has 0 radical (unpaired) electrons. The largest absolute Gasteiger partial charge is 0.381 e. The van der Waals surface area contributed by atoms with Crippen molar-refractivity contribution in [3.05, 3.63) is 0 Å². The average molecular weight is 251 g/mol. The van der Waals surface area contributed by atoms with Gasteiger partial charge in [-0.3, -0.25) is 4.79 Å². The maximum Gasteiger partial charge on any atom is 0.223 e. The first kappa shape index (κ1) is 15.7. The Morgan fingerprint density at radius 1 is 1.56 bits per heavy atom. The molecule has 1 amide bonds. The van der Waals surface area contributed by atoms with Crippen molar-refractivity contribution >= 4 is 18.3 Å². The van der Waals surface area contributed by atoms with E-state index in [0.29, 0.717) is 12.3 Å². The van der Waals surface area contributed by atoms with Crippen LogP contribution in [0.1, 0.15) is 19.8 Å². The lowest BCUT2D eigenvalue weighted by Crippen LogP contribution is -2.31. The monoisotopic (exact) mass is 250 g/mol. The lowest BCUT2D eigenvalue weighted by Gasteiger charge is -2.16. The molecular formula is C11H23ClN2O2. The van der Waals surface area contributed by atoms with Gasteiger partial charge in [-0.1, -0.05) is 0 Å². The van der Waals surface area contributed by atoms with E-state index >= 15 is 0 Å². The standard InChI is InChI=1S/C11H22N2O2.ClH/c1-3-15-9-10-5-7-13(8-10)11(14)4-6-12-2;/h10,12H,3-9H2,1-2H3;1H. The third-order valence-corrected chi connectivity index (χ3v) is 2.79. The quantitative estimate of drug-likeness (QED) is 0.762. The molecule has 5 heteroatoms. The molecule has 1 heterocycles. The Bertz CT molecular complexity index is 202. The van der Waals surface area contributed by atoms with Crippen LogP contribution in [0.25, 0.3) is 0 Å². The van der Waals surface area contributed by atoms with Crippen LogP contribution in [0.3, 0.4) is 0 Å². The topological polar surface area (TPSA) is 41.6 Å². The first-order valence-corrected chi connectivity index (χ1v) is 5.78. The maximum atomic E-state index is 11.7. The molecule has 1 unspecified atom stereocenters. The van der Waals surface area contributed by atoms with Crippen LogP contribution in [-0.4, -0.2) is 50.7 Å². The number of nitrogens with one attached hydrogen (secondary N) is 1. The highest BCUT2D eigenvalue weighted by Gasteiger charge is 2.25. The molecule has 0 aromatic carbocycles. The van der Waals surface area contributed by atoms with Gasteiger partial charge in [0.2, 0.25) is 5.91 Å². The molecule has 1 fully saturated rings. The van der Waals surface area contributed by atoms with Crippen molar-refractivity contribution in [2.24, 2.45) is 5.92 Å². The van der Waals surface area contributed by atoms with Gasteiger partial charge in [0.25, 0.3) is 0 Å². The molecule has 16 heavy (non-hydrogen) atoms. The number of amides is 1. The summed E-state index contributed by atoms with van der Waals surface area (Å²) >= 11 is 0. The summed E-state index contributed by atoms with van der Waals surface area (Å²) in [6, 6.07) is 0. The van der Waals surface area contributed by atoms with E-state index < -0.39 is 0 Å². The third-order valence-electron chi connectivity index (χ3n) is 2.79. The number of halogens is 1. The van der Waals surface area contributed by atoms with Crippen LogP contribution in [0.5, 0.6) is 0 Å². The van der Waals surface area contributed by atoms with Crippen LogP contribution in [0.4, 0.5) is 0 Å². The van der Waals surface area contributed by atoms with Crippen molar-refractivity contribution in [2.75, 3.05) is 39.9 Å². The first-order valence-electron chi connectivity index (χ1n) is 5.78. The Labute approximate surface area is 104 Å². The molecule has 1 rings (SSSR count). The molecule has 0 aromatic rings. The summed E-state index contributed by atoms with van der Waals surface area (Å²) in [6.45, 7) is 6.12. The van der Waals surface area contributed by atoms with Gasteiger partial charge in [-0.15, -0.1) is 12.4 Å². The van der Waals surface area contributed by atoms with Gasteiger partial charge in [0.15, 0.2) is 0 Å². The minimum Gasteiger partial charge on any atom is -0.381 e. The summed E-state index contributed by atoms with van der Waals surface area (Å²) in [6.07, 6.45) is 1.70. The molecule has 4 nitrogen and oxygen atoms in total. The molecule has 1 aliphatic heterocycles. The van der Waals surface area contributed by atoms with Crippen molar-refractivity contribution in [3.8, 4) is 0 Å². The number of ether oxygens (including phenoxy) is 1. The molecule has 0 bridgehead atoms. The maximum absolute atomic E-state index is 11.7. The summed E-state index contributed by atoms with van der Waals surface area (Å²) in [4.78, 5) is 13.6. The van der Waals surface area contributed by atoms with E-state index in [0.717, 1.165) is 39.3 Å². The average Bonchev–Trinajstić information content (AvgIpc) is 2.71. The smallest absolute Gasteiger partial charge is 0.223 e. The number of likely N-dealkylation sites (tertiary alicyclic amines) is 1. The van der Waals surface area contributed by atoms with Gasteiger partial charge in [-0.25, -0.2) is 0 Å². The fourth-order valence-corrected chi connectivity index (χ4v) is 1.87. The zero-order valence-corrected chi connectivity index (χ0v) is 11.0. The van der Waals surface area contributed by atoms with Crippen LogP contribution in [-0.2, 0) is 9.53 Å². The second-order valence-electron chi connectivity index (χ2n) is 4.01. The first-order chi connectivity index (χ1) is 7.27. The Hall–Kier alpha value is -0.320. The van der Waals surface area contributed by atoms with Gasteiger partial charge in [0.05, 0.1) is 6.61 Å². The minimum absolute atomic E-state index is 0. The fraction of sp³-hybridized carbons (Fsp3) is 0.909. The minimum atomic E-state index is 0. The molecule has 96 valence electrons. The fourth-order valence-electron chi connectivity index (χ4n) is 1.87. The number of hydrogen-bond acceptors (Lipinski definition) is 3. The Balaban J connectivity index is 0.00000225. The highest BCUT2D eigenvalue weighted by molar-refractivity contribution is 5.85. The molecule has 0 aromatic heterocycles. The van der Waals surface area contributed by atoms with E-state index in [2.05, 4.69) is 5.32 Å². The zero-order chi connectivity index (χ0) is 11.1. The van der Waals surface area contributed by atoms with Gasteiger partial charge < -0.3 is 15.0 Å². The van der Waals surface area contributed by atoms with E-state index in [-0.39, 0.29) is 18.3 Å². The molecule has 1 atom stereocenters.